The normalized spacial score (nSPS) is 18.7. The third-order valence-electron chi connectivity index (χ3n) is 2.14. The summed E-state index contributed by atoms with van der Waals surface area (Å²) >= 11 is 1.06. The maximum atomic E-state index is 11.8. The molecule has 1 saturated carbocycles. The molecule has 0 atom stereocenters. The van der Waals surface area contributed by atoms with Crippen LogP contribution in [0.1, 0.15) is 25.7 Å². The first-order valence-electron chi connectivity index (χ1n) is 4.36. The Balaban J connectivity index is 0.00000144. The van der Waals surface area contributed by atoms with Gasteiger partial charge in [-0.1, -0.05) is 12.8 Å². The molecule has 6 heteroatoms. The molecule has 0 aliphatic heterocycles. The first kappa shape index (κ1) is 14.8. The van der Waals surface area contributed by atoms with Crippen molar-refractivity contribution in [3.05, 3.63) is 0 Å². The van der Waals surface area contributed by atoms with Gasteiger partial charge in [-0.3, -0.25) is 0 Å². The minimum atomic E-state index is -4.56. The monoisotopic (exact) mass is 236 g/mol. The van der Waals surface area contributed by atoms with Crippen LogP contribution in [0, 0.1) is 5.92 Å². The van der Waals surface area contributed by atoms with Crippen molar-refractivity contribution < 1.29 is 64.3 Å². The Morgan fingerprint density at radius 1 is 1.15 bits per heavy atom. The minimum Gasteiger partial charge on any atom is -0.448 e. The van der Waals surface area contributed by atoms with Gasteiger partial charge in [0.15, 0.2) is 0 Å². The Bertz CT molecular complexity index is 136. The minimum absolute atomic E-state index is 0. The van der Waals surface area contributed by atoms with E-state index in [9.17, 15) is 12.9 Å². The van der Waals surface area contributed by atoms with E-state index in [2.05, 4.69) is 0 Å². The second-order valence-corrected chi connectivity index (χ2v) is 4.47. The van der Waals surface area contributed by atoms with Gasteiger partial charge in [-0.25, -0.2) is 0 Å². The maximum Gasteiger partial charge on any atom is 1.00 e. The summed E-state index contributed by atoms with van der Waals surface area (Å²) in [6.45, 7) is -4.56. The third kappa shape index (κ3) is 7.73. The molecule has 0 radical (unpaired) electrons. The van der Waals surface area contributed by atoms with E-state index in [0.717, 1.165) is 24.6 Å². The van der Waals surface area contributed by atoms with Gasteiger partial charge in [0.2, 0.25) is 0 Å². The van der Waals surface area contributed by atoms with Crippen LogP contribution in [-0.2, 0) is 0 Å². The second-order valence-electron chi connectivity index (χ2n) is 3.40. The molecule has 1 aliphatic carbocycles. The molecule has 0 heterocycles. The zero-order valence-electron chi connectivity index (χ0n) is 7.94. The predicted octanol–water partition coefficient (Wildman–Crippen LogP) is 0.300. The van der Waals surface area contributed by atoms with E-state index >= 15 is 0 Å². The summed E-state index contributed by atoms with van der Waals surface area (Å²) in [6.07, 6.45) is 4.69. The van der Waals surface area contributed by atoms with Crippen molar-refractivity contribution in [1.82, 2.24) is 0 Å². The molecule has 0 aromatic carbocycles. The van der Waals surface area contributed by atoms with Gasteiger partial charge in [-0.2, -0.15) is 11.8 Å². The van der Waals surface area contributed by atoms with E-state index in [-0.39, 0.29) is 51.4 Å². The Kier molecular flexibility index (Phi) is 8.19. The molecule has 0 unspecified atom stereocenters. The van der Waals surface area contributed by atoms with E-state index in [4.69, 9.17) is 0 Å². The molecule has 0 saturated heterocycles. The maximum absolute atomic E-state index is 11.8. The van der Waals surface area contributed by atoms with Crippen molar-refractivity contribution in [2.75, 3.05) is 11.4 Å². The van der Waals surface area contributed by atoms with Gasteiger partial charge in [-0.15, -0.1) is 0 Å². The van der Waals surface area contributed by atoms with Crippen molar-refractivity contribution >= 4 is 18.7 Å². The third-order valence-corrected chi connectivity index (χ3v) is 3.46. The van der Waals surface area contributed by atoms with Crippen molar-refractivity contribution in [3.63, 3.8) is 0 Å². The Morgan fingerprint density at radius 2 is 1.69 bits per heavy atom. The summed E-state index contributed by atoms with van der Waals surface area (Å²) in [5, 5.41) is 0. The van der Waals surface area contributed by atoms with Crippen LogP contribution in [0.5, 0.6) is 0 Å². The van der Waals surface area contributed by atoms with Gasteiger partial charge >= 0.3 is 58.4 Å². The van der Waals surface area contributed by atoms with E-state index in [0.29, 0.717) is 11.7 Å². The summed E-state index contributed by atoms with van der Waals surface area (Å²) in [6, 6.07) is 0. The molecule has 13 heavy (non-hydrogen) atoms. The second kappa shape index (κ2) is 7.17. The molecule has 0 aromatic heterocycles. The molecule has 0 bridgehead atoms. The van der Waals surface area contributed by atoms with Crippen LogP contribution in [0.15, 0.2) is 0 Å². The fourth-order valence-corrected chi connectivity index (χ4v) is 2.62. The average molecular weight is 236 g/mol. The van der Waals surface area contributed by atoms with E-state index < -0.39 is 12.6 Å². The van der Waals surface area contributed by atoms with Crippen LogP contribution in [0.25, 0.3) is 0 Å². The van der Waals surface area contributed by atoms with Crippen LogP contribution >= 0.6 is 11.8 Å². The number of thioether (sulfide) groups is 1. The summed E-state index contributed by atoms with van der Waals surface area (Å²) in [7, 11) is 0. The zero-order chi connectivity index (χ0) is 9.03. The first-order chi connectivity index (χ1) is 5.58. The average Bonchev–Trinajstić information content (AvgIpc) is 2.36. The summed E-state index contributed by atoms with van der Waals surface area (Å²) < 4.78 is 35.3. The Hall–Kier alpha value is 1.84. The first-order valence-corrected chi connectivity index (χ1v) is 5.52. The topological polar surface area (TPSA) is 0 Å². The Labute approximate surface area is 124 Å². The molecule has 0 amide bonds. The van der Waals surface area contributed by atoms with Gasteiger partial charge in [0.1, 0.15) is 0 Å². The van der Waals surface area contributed by atoms with Crippen LogP contribution in [0.3, 0.4) is 0 Å². The van der Waals surface area contributed by atoms with Crippen molar-refractivity contribution in [3.8, 4) is 0 Å². The predicted molar refractivity (Wildman–Crippen MR) is 48.4 cm³/mol. The molecular formula is C7H13BF3KS. The standard InChI is InChI=1S/C7H13BF3S.K/c9-8(10,11)6-12-5-7-3-1-2-4-7;/h7H,1-6H2;/q-1;+1. The molecular weight excluding hydrogens is 223 g/mol. The van der Waals surface area contributed by atoms with Crippen LogP contribution < -0.4 is 51.4 Å². The molecule has 1 aliphatic rings. The largest absolute Gasteiger partial charge is 1.00 e. The van der Waals surface area contributed by atoms with Gasteiger partial charge < -0.3 is 12.9 Å². The summed E-state index contributed by atoms with van der Waals surface area (Å²) in [4.78, 5) is 0. The molecule has 1 fully saturated rings. The Morgan fingerprint density at radius 3 is 2.15 bits per heavy atom. The van der Waals surface area contributed by atoms with Gasteiger partial charge in [-0.05, 0) is 30.2 Å². The van der Waals surface area contributed by atoms with Gasteiger partial charge in [0.25, 0.3) is 0 Å². The van der Waals surface area contributed by atoms with Crippen molar-refractivity contribution in [2.24, 2.45) is 5.92 Å². The van der Waals surface area contributed by atoms with E-state index in [1.54, 1.807) is 0 Å². The fraction of sp³-hybridized carbons (Fsp3) is 1.00. The zero-order valence-corrected chi connectivity index (χ0v) is 11.9. The summed E-state index contributed by atoms with van der Waals surface area (Å²) in [5.41, 5.74) is -0.615. The fourth-order valence-electron chi connectivity index (χ4n) is 1.55. The molecule has 0 spiro atoms. The van der Waals surface area contributed by atoms with Crippen LogP contribution in [0.2, 0.25) is 0 Å². The number of rotatable bonds is 4. The number of hydrogen-bond acceptors (Lipinski definition) is 1. The van der Waals surface area contributed by atoms with Crippen LogP contribution in [-0.4, -0.2) is 18.4 Å². The molecule has 0 aromatic rings. The smallest absolute Gasteiger partial charge is 0.448 e. The van der Waals surface area contributed by atoms with Gasteiger partial charge in [0, 0.05) is 0 Å². The van der Waals surface area contributed by atoms with Crippen molar-refractivity contribution in [2.45, 2.75) is 25.7 Å². The number of halogens is 3. The van der Waals surface area contributed by atoms with Crippen LogP contribution in [0.4, 0.5) is 12.9 Å². The molecule has 0 N–H and O–H groups in total. The molecule has 0 nitrogen and oxygen atoms in total. The molecule has 1 rings (SSSR count). The van der Waals surface area contributed by atoms with Crippen molar-refractivity contribution in [1.29, 1.82) is 0 Å². The quantitative estimate of drug-likeness (QED) is 0.633. The van der Waals surface area contributed by atoms with Gasteiger partial charge in [0.05, 0.1) is 0 Å². The SMILES string of the molecule is F[B-](F)(F)CSCC1CCCC1.[K+]. The molecule has 72 valence electrons. The number of hydrogen-bond donors (Lipinski definition) is 0. The van der Waals surface area contributed by atoms with E-state index in [1.807, 2.05) is 0 Å². The van der Waals surface area contributed by atoms with E-state index in [1.165, 1.54) is 12.8 Å². The summed E-state index contributed by atoms with van der Waals surface area (Å²) in [5.74, 6) is 1.27.